The van der Waals surface area contributed by atoms with E-state index < -0.39 is 4.92 Å². The average molecular weight is 442 g/mol. The summed E-state index contributed by atoms with van der Waals surface area (Å²) < 4.78 is 2.07. The van der Waals surface area contributed by atoms with E-state index in [1.54, 1.807) is 18.3 Å². The fourth-order valence-corrected chi connectivity index (χ4v) is 3.55. The van der Waals surface area contributed by atoms with Crippen molar-refractivity contribution in [3.63, 3.8) is 0 Å². The Bertz CT molecular complexity index is 1280. The van der Waals surface area contributed by atoms with E-state index in [1.807, 2.05) is 66.7 Å². The number of hydrogen-bond acceptors (Lipinski definition) is 4. The molecule has 1 heterocycles. The molecule has 0 amide bonds. The van der Waals surface area contributed by atoms with Crippen LogP contribution in [0, 0.1) is 10.1 Å². The lowest BCUT2D eigenvalue weighted by Gasteiger charge is -2.15. The first-order chi connectivity index (χ1) is 15.5. The van der Waals surface area contributed by atoms with Gasteiger partial charge in [-0.05, 0) is 41.5 Å². The van der Waals surface area contributed by atoms with Gasteiger partial charge < -0.3 is 10.3 Å². The van der Waals surface area contributed by atoms with Gasteiger partial charge in [0.05, 0.1) is 22.5 Å². The van der Waals surface area contributed by atoms with Gasteiger partial charge in [0, 0.05) is 23.4 Å². The third-order valence-corrected chi connectivity index (χ3v) is 4.94. The van der Waals surface area contributed by atoms with Gasteiger partial charge >= 0.3 is 0 Å². The summed E-state index contributed by atoms with van der Waals surface area (Å²) in [6, 6.07) is 28.3. The number of non-ortho nitro benzene ring substituents is 1. The first-order valence-corrected chi connectivity index (χ1v) is 10.2. The second-order valence-corrected chi connectivity index (χ2v) is 7.35. The van der Waals surface area contributed by atoms with Crippen LogP contribution in [0.5, 0.6) is 0 Å². The van der Waals surface area contributed by atoms with Crippen molar-refractivity contribution in [1.82, 2.24) is 9.99 Å². The molecule has 0 radical (unpaired) electrons. The number of nitrogens with zero attached hydrogens (tertiary/aromatic N) is 3. The molecule has 0 aliphatic rings. The number of thiocarbonyl (C=S) groups is 1. The SMILES string of the molecule is NC(=S)N/N=C\c1cc(-c2ccccc2)n(-c2ccc([N+](=O)[O-])cc2)c1-c1ccccc1. The number of rotatable bonds is 6. The number of nitrogens with two attached hydrogens (primary N) is 1. The van der Waals surface area contributed by atoms with Crippen molar-refractivity contribution < 1.29 is 4.92 Å². The number of nitrogens with one attached hydrogen (secondary N) is 1. The maximum atomic E-state index is 11.2. The Morgan fingerprint density at radius 2 is 1.56 bits per heavy atom. The Hall–Kier alpha value is -4.30. The fraction of sp³-hybridized carbons (Fsp3) is 0. The first-order valence-electron chi connectivity index (χ1n) is 9.74. The Kier molecular flexibility index (Phi) is 6.05. The zero-order valence-corrected chi connectivity index (χ0v) is 17.7. The number of nitro benzene ring substituents is 1. The molecule has 3 aromatic carbocycles. The van der Waals surface area contributed by atoms with Crippen LogP contribution in [0.4, 0.5) is 5.69 Å². The van der Waals surface area contributed by atoms with E-state index in [2.05, 4.69) is 15.1 Å². The van der Waals surface area contributed by atoms with Crippen molar-refractivity contribution in [2.75, 3.05) is 0 Å². The maximum absolute atomic E-state index is 11.2. The van der Waals surface area contributed by atoms with Crippen molar-refractivity contribution in [2.45, 2.75) is 0 Å². The highest BCUT2D eigenvalue weighted by Crippen LogP contribution is 2.35. The van der Waals surface area contributed by atoms with Crippen LogP contribution >= 0.6 is 12.2 Å². The molecular formula is C24H19N5O2S. The van der Waals surface area contributed by atoms with Crippen molar-refractivity contribution in [2.24, 2.45) is 10.8 Å². The molecule has 8 heteroatoms. The highest BCUT2D eigenvalue weighted by Gasteiger charge is 2.19. The van der Waals surface area contributed by atoms with E-state index in [4.69, 9.17) is 18.0 Å². The molecule has 0 aliphatic heterocycles. The van der Waals surface area contributed by atoms with Crippen LogP contribution in [0.15, 0.2) is 96.1 Å². The molecule has 0 fully saturated rings. The van der Waals surface area contributed by atoms with Crippen LogP contribution in [0.2, 0.25) is 0 Å². The third kappa shape index (κ3) is 4.40. The standard InChI is InChI=1S/C24H19N5O2S/c25-24(32)27-26-16-19-15-22(17-7-3-1-4-8-17)28(23(19)18-9-5-2-6-10-18)20-11-13-21(14-12-20)29(30)31/h1-16H,(H3,25,27,32)/b26-16-. The molecule has 0 saturated carbocycles. The summed E-state index contributed by atoms with van der Waals surface area (Å²) in [6.07, 6.45) is 1.66. The largest absolute Gasteiger partial charge is 0.375 e. The summed E-state index contributed by atoms with van der Waals surface area (Å²) in [5.41, 5.74) is 13.5. The Balaban J connectivity index is 1.99. The van der Waals surface area contributed by atoms with Crippen molar-refractivity contribution in [3.05, 3.63) is 107 Å². The van der Waals surface area contributed by atoms with E-state index in [-0.39, 0.29) is 10.8 Å². The van der Waals surface area contributed by atoms with Crippen molar-refractivity contribution in [3.8, 4) is 28.2 Å². The number of hydrazone groups is 1. The zero-order valence-electron chi connectivity index (χ0n) is 16.9. The minimum Gasteiger partial charge on any atom is -0.375 e. The predicted molar refractivity (Wildman–Crippen MR) is 131 cm³/mol. The predicted octanol–water partition coefficient (Wildman–Crippen LogP) is 4.89. The molecule has 0 spiro atoms. The minimum absolute atomic E-state index is 0.0332. The smallest absolute Gasteiger partial charge is 0.269 e. The van der Waals surface area contributed by atoms with Crippen LogP contribution in [0.25, 0.3) is 28.2 Å². The molecule has 32 heavy (non-hydrogen) atoms. The van der Waals surface area contributed by atoms with Gasteiger partial charge in [-0.25, -0.2) is 0 Å². The van der Waals surface area contributed by atoms with Gasteiger partial charge in [-0.15, -0.1) is 0 Å². The topological polar surface area (TPSA) is 98.5 Å². The van der Waals surface area contributed by atoms with Gasteiger partial charge in [0.25, 0.3) is 5.69 Å². The molecule has 7 nitrogen and oxygen atoms in total. The minimum atomic E-state index is -0.408. The summed E-state index contributed by atoms with van der Waals surface area (Å²) in [4.78, 5) is 10.7. The van der Waals surface area contributed by atoms with Crippen molar-refractivity contribution in [1.29, 1.82) is 0 Å². The van der Waals surface area contributed by atoms with Gasteiger partial charge in [0.15, 0.2) is 5.11 Å². The molecule has 0 saturated heterocycles. The molecule has 158 valence electrons. The number of benzene rings is 3. The number of nitro groups is 1. The van der Waals surface area contributed by atoms with Gasteiger partial charge in [-0.1, -0.05) is 60.7 Å². The maximum Gasteiger partial charge on any atom is 0.269 e. The Labute approximate surface area is 190 Å². The van der Waals surface area contributed by atoms with Crippen LogP contribution in [0.1, 0.15) is 5.56 Å². The first kappa shape index (κ1) is 21.0. The molecule has 0 bridgehead atoms. The lowest BCUT2D eigenvalue weighted by molar-refractivity contribution is -0.384. The molecule has 4 rings (SSSR count). The fourth-order valence-electron chi connectivity index (χ4n) is 3.50. The molecule has 0 aliphatic carbocycles. The quantitative estimate of drug-likeness (QED) is 0.192. The summed E-state index contributed by atoms with van der Waals surface area (Å²) in [5.74, 6) is 0. The Morgan fingerprint density at radius 3 is 2.12 bits per heavy atom. The van der Waals surface area contributed by atoms with E-state index >= 15 is 0 Å². The molecular weight excluding hydrogens is 422 g/mol. The molecule has 0 unspecified atom stereocenters. The van der Waals surface area contributed by atoms with E-state index in [0.29, 0.717) is 0 Å². The van der Waals surface area contributed by atoms with Crippen LogP contribution < -0.4 is 11.2 Å². The van der Waals surface area contributed by atoms with Gasteiger partial charge in [0.2, 0.25) is 0 Å². The van der Waals surface area contributed by atoms with Gasteiger partial charge in [-0.2, -0.15) is 5.10 Å². The lowest BCUT2D eigenvalue weighted by atomic mass is 10.1. The van der Waals surface area contributed by atoms with Crippen LogP contribution in [-0.4, -0.2) is 20.8 Å². The second kappa shape index (κ2) is 9.23. The highest BCUT2D eigenvalue weighted by molar-refractivity contribution is 7.80. The lowest BCUT2D eigenvalue weighted by Crippen LogP contribution is -2.24. The number of aromatic nitrogens is 1. The summed E-state index contributed by atoms with van der Waals surface area (Å²) in [6.45, 7) is 0. The normalized spacial score (nSPS) is 10.9. The van der Waals surface area contributed by atoms with E-state index in [1.165, 1.54) is 12.1 Å². The summed E-state index contributed by atoms with van der Waals surface area (Å²) >= 11 is 4.85. The molecule has 1 aromatic heterocycles. The van der Waals surface area contributed by atoms with E-state index in [9.17, 15) is 10.1 Å². The molecule has 3 N–H and O–H groups in total. The van der Waals surface area contributed by atoms with Crippen molar-refractivity contribution >= 4 is 29.2 Å². The monoisotopic (exact) mass is 441 g/mol. The van der Waals surface area contributed by atoms with Crippen LogP contribution in [0.3, 0.4) is 0 Å². The zero-order chi connectivity index (χ0) is 22.5. The average Bonchev–Trinajstić information content (AvgIpc) is 3.19. The number of hydrogen-bond donors (Lipinski definition) is 2. The highest BCUT2D eigenvalue weighted by atomic mass is 32.1. The van der Waals surface area contributed by atoms with Gasteiger partial charge in [-0.3, -0.25) is 15.5 Å². The molecule has 4 aromatic rings. The summed E-state index contributed by atoms with van der Waals surface area (Å²) in [5, 5.41) is 15.4. The second-order valence-electron chi connectivity index (χ2n) is 6.91. The van der Waals surface area contributed by atoms with E-state index in [0.717, 1.165) is 33.8 Å². The third-order valence-electron chi connectivity index (χ3n) is 4.84. The molecule has 0 atom stereocenters. The summed E-state index contributed by atoms with van der Waals surface area (Å²) in [7, 11) is 0. The Morgan fingerprint density at radius 1 is 0.969 bits per heavy atom. The van der Waals surface area contributed by atoms with Crippen LogP contribution in [-0.2, 0) is 0 Å². The van der Waals surface area contributed by atoms with Gasteiger partial charge in [0.1, 0.15) is 0 Å².